The zero-order valence-electron chi connectivity index (χ0n) is 19.4. The third-order valence-corrected chi connectivity index (χ3v) is 5.84. The first-order valence-electron chi connectivity index (χ1n) is 10.7. The zero-order valence-corrected chi connectivity index (χ0v) is 20.2. The molecular formula is C25H26N2O6S. The molecule has 0 fully saturated rings. The molecule has 0 saturated carbocycles. The maximum absolute atomic E-state index is 12.7. The van der Waals surface area contributed by atoms with Crippen LogP contribution in [0.1, 0.15) is 43.6 Å². The van der Waals surface area contributed by atoms with E-state index in [0.29, 0.717) is 16.9 Å². The van der Waals surface area contributed by atoms with E-state index in [-0.39, 0.29) is 34.9 Å². The number of nitrogens with zero attached hydrogens (tertiary/aromatic N) is 1. The van der Waals surface area contributed by atoms with Crippen molar-refractivity contribution >= 4 is 33.9 Å². The van der Waals surface area contributed by atoms with Crippen LogP contribution in [0.3, 0.4) is 0 Å². The van der Waals surface area contributed by atoms with Gasteiger partial charge in [0, 0.05) is 23.1 Å². The van der Waals surface area contributed by atoms with Gasteiger partial charge in [-0.3, -0.25) is 14.9 Å². The Morgan fingerprint density at radius 2 is 1.85 bits per heavy atom. The number of nitro groups is 1. The molecule has 178 valence electrons. The van der Waals surface area contributed by atoms with Crippen LogP contribution in [0.4, 0.5) is 10.7 Å². The lowest BCUT2D eigenvalue weighted by molar-refractivity contribution is -0.384. The topological polar surface area (TPSA) is 108 Å². The van der Waals surface area contributed by atoms with Crippen LogP contribution in [-0.2, 0) is 14.9 Å². The molecule has 8 nitrogen and oxygen atoms in total. The van der Waals surface area contributed by atoms with Crippen LogP contribution in [0.25, 0.3) is 11.1 Å². The molecule has 0 aliphatic carbocycles. The molecule has 0 bridgehead atoms. The minimum Gasteiger partial charge on any atom is -0.483 e. The summed E-state index contributed by atoms with van der Waals surface area (Å²) in [4.78, 5) is 36.1. The summed E-state index contributed by atoms with van der Waals surface area (Å²) in [6.45, 7) is 7.74. The Hall–Kier alpha value is -3.72. The van der Waals surface area contributed by atoms with E-state index in [1.165, 1.54) is 12.1 Å². The molecule has 1 aromatic heterocycles. The maximum atomic E-state index is 12.7. The highest BCUT2D eigenvalue weighted by Crippen LogP contribution is 2.37. The molecule has 0 radical (unpaired) electrons. The molecule has 34 heavy (non-hydrogen) atoms. The molecule has 3 aromatic rings. The Morgan fingerprint density at radius 1 is 1.12 bits per heavy atom. The number of para-hydroxylation sites is 1. The van der Waals surface area contributed by atoms with Crippen LogP contribution in [-0.4, -0.2) is 30.0 Å². The average molecular weight is 483 g/mol. The van der Waals surface area contributed by atoms with E-state index in [2.05, 4.69) is 26.1 Å². The van der Waals surface area contributed by atoms with E-state index in [1.807, 2.05) is 24.3 Å². The normalized spacial score (nSPS) is 11.1. The highest BCUT2D eigenvalue weighted by Gasteiger charge is 2.24. The van der Waals surface area contributed by atoms with Crippen molar-refractivity contribution in [2.24, 2.45) is 0 Å². The number of ether oxygens (including phenoxy) is 2. The van der Waals surface area contributed by atoms with Crippen LogP contribution in [0, 0.1) is 10.1 Å². The van der Waals surface area contributed by atoms with E-state index in [4.69, 9.17) is 9.47 Å². The lowest BCUT2D eigenvalue weighted by Crippen LogP contribution is -2.22. The van der Waals surface area contributed by atoms with Gasteiger partial charge in [0.15, 0.2) is 6.61 Å². The first kappa shape index (κ1) is 24.9. The predicted molar refractivity (Wildman–Crippen MR) is 132 cm³/mol. The van der Waals surface area contributed by atoms with Crippen molar-refractivity contribution < 1.29 is 24.0 Å². The number of hydrogen-bond donors (Lipinski definition) is 1. The van der Waals surface area contributed by atoms with E-state index in [9.17, 15) is 19.7 Å². The number of anilines is 1. The van der Waals surface area contributed by atoms with Crippen LogP contribution in [0.15, 0.2) is 53.9 Å². The predicted octanol–water partition coefficient (Wildman–Crippen LogP) is 5.82. The number of carbonyl (C=O) groups excluding carboxylic acids is 2. The van der Waals surface area contributed by atoms with Gasteiger partial charge in [-0.25, -0.2) is 4.79 Å². The second-order valence-electron chi connectivity index (χ2n) is 8.46. The third kappa shape index (κ3) is 5.79. The molecule has 0 saturated heterocycles. The second-order valence-corrected chi connectivity index (χ2v) is 9.34. The molecule has 1 N–H and O–H groups in total. The molecule has 0 spiro atoms. The average Bonchev–Trinajstić information content (AvgIpc) is 3.21. The lowest BCUT2D eigenvalue weighted by Gasteiger charge is -2.22. The first-order chi connectivity index (χ1) is 16.1. The van der Waals surface area contributed by atoms with Gasteiger partial charge in [-0.1, -0.05) is 51.1 Å². The third-order valence-electron chi connectivity index (χ3n) is 4.95. The minimum absolute atomic E-state index is 0.102. The maximum Gasteiger partial charge on any atom is 0.341 e. The van der Waals surface area contributed by atoms with Gasteiger partial charge in [0.05, 0.1) is 11.5 Å². The molecule has 9 heteroatoms. The molecular weight excluding hydrogens is 456 g/mol. The van der Waals surface area contributed by atoms with Crippen molar-refractivity contribution in [3.8, 4) is 16.9 Å². The van der Waals surface area contributed by atoms with Crippen LogP contribution >= 0.6 is 11.3 Å². The summed E-state index contributed by atoms with van der Waals surface area (Å²) < 4.78 is 11.0. The van der Waals surface area contributed by atoms with Gasteiger partial charge in [-0.05, 0) is 29.5 Å². The Labute approximate surface area is 201 Å². The van der Waals surface area contributed by atoms with E-state index >= 15 is 0 Å². The molecule has 1 amide bonds. The number of nitrogens with one attached hydrogen (secondary N) is 1. The molecule has 2 aromatic carbocycles. The Morgan fingerprint density at radius 3 is 2.53 bits per heavy atom. The summed E-state index contributed by atoms with van der Waals surface area (Å²) >= 11 is 1.14. The van der Waals surface area contributed by atoms with Gasteiger partial charge >= 0.3 is 5.97 Å². The summed E-state index contributed by atoms with van der Waals surface area (Å²) in [6, 6.07) is 13.5. The summed E-state index contributed by atoms with van der Waals surface area (Å²) in [5.74, 6) is -0.458. The van der Waals surface area contributed by atoms with Crippen LogP contribution in [0.2, 0.25) is 0 Å². The molecule has 0 aliphatic heterocycles. The SMILES string of the molecule is CCOC(=O)c1c(-c2cccc([N+](=O)[O-])c2)csc1NC(=O)COc1ccccc1C(C)(C)C. The van der Waals surface area contributed by atoms with Crippen LogP contribution < -0.4 is 10.1 Å². The van der Waals surface area contributed by atoms with Crippen molar-refractivity contribution in [3.05, 3.63) is 75.2 Å². The number of benzene rings is 2. The van der Waals surface area contributed by atoms with Crippen molar-refractivity contribution in [1.82, 2.24) is 0 Å². The number of carbonyl (C=O) groups is 2. The van der Waals surface area contributed by atoms with Gasteiger partial charge in [-0.15, -0.1) is 11.3 Å². The second kappa shape index (κ2) is 10.5. The smallest absolute Gasteiger partial charge is 0.341 e. The number of nitro benzene ring substituents is 1. The zero-order chi connectivity index (χ0) is 24.9. The van der Waals surface area contributed by atoms with Crippen molar-refractivity contribution in [1.29, 1.82) is 0 Å². The molecule has 0 aliphatic rings. The molecule has 0 atom stereocenters. The number of rotatable bonds is 8. The Kier molecular flexibility index (Phi) is 7.68. The largest absolute Gasteiger partial charge is 0.483 e. The summed E-state index contributed by atoms with van der Waals surface area (Å²) in [7, 11) is 0. The van der Waals surface area contributed by atoms with E-state index in [1.54, 1.807) is 24.4 Å². The number of hydrogen-bond acceptors (Lipinski definition) is 7. The van der Waals surface area contributed by atoms with Gasteiger partial charge in [0.1, 0.15) is 16.3 Å². The minimum atomic E-state index is -0.625. The van der Waals surface area contributed by atoms with Gasteiger partial charge in [0.25, 0.3) is 11.6 Å². The van der Waals surface area contributed by atoms with E-state index < -0.39 is 16.8 Å². The number of thiophene rings is 1. The standard InChI is InChI=1S/C25H26N2O6S/c1-5-32-24(29)22-18(16-9-8-10-17(13-16)27(30)31)15-34-23(22)26-21(28)14-33-20-12-7-6-11-19(20)25(2,3)4/h6-13,15H,5,14H2,1-4H3,(H,26,28). The first-order valence-corrected chi connectivity index (χ1v) is 11.6. The fourth-order valence-corrected chi connectivity index (χ4v) is 4.35. The molecule has 1 heterocycles. The lowest BCUT2D eigenvalue weighted by atomic mass is 9.86. The number of amides is 1. The fraction of sp³-hybridized carbons (Fsp3) is 0.280. The van der Waals surface area contributed by atoms with Crippen LogP contribution in [0.5, 0.6) is 5.75 Å². The Balaban J connectivity index is 1.85. The molecule has 0 unspecified atom stereocenters. The van der Waals surface area contributed by atoms with Crippen molar-refractivity contribution in [2.75, 3.05) is 18.5 Å². The monoisotopic (exact) mass is 482 g/mol. The number of non-ortho nitro benzene ring substituents is 1. The van der Waals surface area contributed by atoms with Crippen molar-refractivity contribution in [2.45, 2.75) is 33.1 Å². The fourth-order valence-electron chi connectivity index (χ4n) is 3.37. The number of esters is 1. The summed E-state index contributed by atoms with van der Waals surface area (Å²) in [5.41, 5.74) is 1.78. The summed E-state index contributed by atoms with van der Waals surface area (Å²) in [5, 5.41) is 15.9. The van der Waals surface area contributed by atoms with Crippen molar-refractivity contribution in [3.63, 3.8) is 0 Å². The quantitative estimate of drug-likeness (QED) is 0.246. The Bertz CT molecular complexity index is 1210. The summed E-state index contributed by atoms with van der Waals surface area (Å²) in [6.07, 6.45) is 0. The highest BCUT2D eigenvalue weighted by atomic mass is 32.1. The van der Waals surface area contributed by atoms with E-state index in [0.717, 1.165) is 16.9 Å². The highest BCUT2D eigenvalue weighted by molar-refractivity contribution is 7.15. The van der Waals surface area contributed by atoms with Gasteiger partial charge < -0.3 is 14.8 Å². The molecule has 3 rings (SSSR count). The van der Waals surface area contributed by atoms with Gasteiger partial charge in [0.2, 0.25) is 0 Å². The van der Waals surface area contributed by atoms with Gasteiger partial charge in [-0.2, -0.15) is 0 Å².